The highest BCUT2D eigenvalue weighted by Gasteiger charge is 2.47. The lowest BCUT2D eigenvalue weighted by Crippen LogP contribution is -2.47. The third-order valence-corrected chi connectivity index (χ3v) is 2.98. The number of carbonyl (C=O) groups is 1. The van der Waals surface area contributed by atoms with Crippen molar-refractivity contribution in [3.8, 4) is 0 Å². The van der Waals surface area contributed by atoms with Crippen molar-refractivity contribution >= 4 is 5.97 Å². The normalized spacial score (nSPS) is 34.8. The van der Waals surface area contributed by atoms with E-state index in [1.807, 2.05) is 0 Å². The number of carbonyl (C=O) groups excluding carboxylic acids is 1. The summed E-state index contributed by atoms with van der Waals surface area (Å²) in [5.41, 5.74) is 7.94. The van der Waals surface area contributed by atoms with Crippen LogP contribution in [0.4, 0.5) is 0 Å². The van der Waals surface area contributed by atoms with E-state index in [2.05, 4.69) is 10.0 Å². The molecule has 0 unspecified atom stereocenters. The topological polar surface area (TPSA) is 93.5 Å². The molecule has 0 aliphatic carbocycles. The molecule has 18 heavy (non-hydrogen) atoms. The monoisotopic (exact) mass is 255 g/mol. The van der Waals surface area contributed by atoms with Gasteiger partial charge in [0.2, 0.25) is 0 Å². The molecule has 0 aromatic carbocycles. The number of hydrogen-bond donors (Lipinski definition) is 0. The minimum Gasteiger partial charge on any atom is -0.456 e. The molecule has 7 heteroatoms. The van der Waals surface area contributed by atoms with Gasteiger partial charge in [0.05, 0.1) is 24.2 Å². The second kappa shape index (κ2) is 4.76. The highest BCUT2D eigenvalue weighted by Crippen LogP contribution is 2.32. The van der Waals surface area contributed by atoms with Crippen LogP contribution in [0.25, 0.3) is 10.4 Å². The maximum absolute atomic E-state index is 11.9. The van der Waals surface area contributed by atoms with Gasteiger partial charge in [-0.3, -0.25) is 4.79 Å². The standard InChI is InChI=1S/C11H17N3O4/c1-11(2,3)10(15)18-8-7(13-14-12)4-6-5-16-9(8)17-6/h6-9H,4-5H2,1-3H3/t6-,7-,8+,9+/m0/s1. The first-order valence-electron chi connectivity index (χ1n) is 5.94. The Morgan fingerprint density at radius 2 is 2.22 bits per heavy atom. The lowest BCUT2D eigenvalue weighted by Gasteiger charge is -2.33. The van der Waals surface area contributed by atoms with Gasteiger partial charge in [-0.05, 0) is 32.7 Å². The maximum Gasteiger partial charge on any atom is 0.311 e. The van der Waals surface area contributed by atoms with Crippen molar-refractivity contribution in [3.05, 3.63) is 10.4 Å². The van der Waals surface area contributed by atoms with Gasteiger partial charge in [0.1, 0.15) is 0 Å². The molecule has 4 atom stereocenters. The van der Waals surface area contributed by atoms with Gasteiger partial charge in [-0.1, -0.05) is 5.11 Å². The van der Waals surface area contributed by atoms with Gasteiger partial charge in [0.25, 0.3) is 0 Å². The molecule has 2 aliphatic heterocycles. The van der Waals surface area contributed by atoms with Gasteiger partial charge in [-0.2, -0.15) is 0 Å². The molecule has 0 amide bonds. The fourth-order valence-electron chi connectivity index (χ4n) is 1.96. The molecule has 0 aromatic rings. The molecule has 0 spiro atoms. The lowest BCUT2D eigenvalue weighted by atomic mass is 9.96. The molecular formula is C11H17N3O4. The van der Waals surface area contributed by atoms with Crippen molar-refractivity contribution in [1.29, 1.82) is 0 Å². The minimum atomic E-state index is -0.661. The summed E-state index contributed by atoms with van der Waals surface area (Å²) < 4.78 is 16.3. The largest absolute Gasteiger partial charge is 0.456 e. The Morgan fingerprint density at radius 3 is 2.83 bits per heavy atom. The Labute approximate surface area is 105 Å². The third-order valence-electron chi connectivity index (χ3n) is 2.98. The number of hydrogen-bond acceptors (Lipinski definition) is 5. The molecule has 100 valence electrons. The Bertz CT molecular complexity index is 386. The van der Waals surface area contributed by atoms with E-state index in [4.69, 9.17) is 19.7 Å². The van der Waals surface area contributed by atoms with Crippen molar-refractivity contribution < 1.29 is 19.0 Å². The van der Waals surface area contributed by atoms with Crippen molar-refractivity contribution in [2.75, 3.05) is 6.61 Å². The molecule has 0 saturated carbocycles. The summed E-state index contributed by atoms with van der Waals surface area (Å²) in [6.07, 6.45) is -0.838. The number of azide groups is 1. The highest BCUT2D eigenvalue weighted by molar-refractivity contribution is 5.75. The number of fused-ring (bicyclic) bond motifs is 2. The second-order valence-electron chi connectivity index (χ2n) is 5.59. The molecule has 2 aliphatic rings. The lowest BCUT2D eigenvalue weighted by molar-refractivity contribution is -0.198. The van der Waals surface area contributed by atoms with Crippen LogP contribution in [0.3, 0.4) is 0 Å². The van der Waals surface area contributed by atoms with Crippen LogP contribution < -0.4 is 0 Å². The smallest absolute Gasteiger partial charge is 0.311 e. The number of nitrogens with zero attached hydrogens (tertiary/aromatic N) is 3. The first kappa shape index (κ1) is 13.1. The Morgan fingerprint density at radius 1 is 1.50 bits per heavy atom. The average Bonchev–Trinajstić information content (AvgIpc) is 2.66. The Hall–Kier alpha value is -1.30. The minimum absolute atomic E-state index is 0.0740. The molecule has 2 bridgehead atoms. The zero-order valence-electron chi connectivity index (χ0n) is 10.7. The predicted octanol–water partition coefficient (Wildman–Crippen LogP) is 1.77. The van der Waals surface area contributed by atoms with E-state index < -0.39 is 23.9 Å². The van der Waals surface area contributed by atoms with Crippen molar-refractivity contribution in [2.45, 2.75) is 51.7 Å². The van der Waals surface area contributed by atoms with Crippen LogP contribution in [0.1, 0.15) is 27.2 Å². The number of rotatable bonds is 2. The van der Waals surface area contributed by atoms with Crippen molar-refractivity contribution in [1.82, 2.24) is 0 Å². The van der Waals surface area contributed by atoms with Gasteiger partial charge in [-0.15, -0.1) is 0 Å². The van der Waals surface area contributed by atoms with Crippen LogP contribution in [0.5, 0.6) is 0 Å². The molecule has 0 aromatic heterocycles. The number of ether oxygens (including phenoxy) is 3. The van der Waals surface area contributed by atoms with E-state index in [-0.39, 0.29) is 12.1 Å². The molecular weight excluding hydrogens is 238 g/mol. The van der Waals surface area contributed by atoms with Crippen LogP contribution in [0.15, 0.2) is 5.11 Å². The highest BCUT2D eigenvalue weighted by atomic mass is 16.7. The SMILES string of the molecule is CC(C)(C)C(=O)O[C@H]1[C@@H]2OC[C@H](C[C@@H]1N=[N+]=[N-])O2. The number of esters is 1. The van der Waals surface area contributed by atoms with E-state index in [1.54, 1.807) is 20.8 Å². The summed E-state index contributed by atoms with van der Waals surface area (Å²) >= 11 is 0. The summed E-state index contributed by atoms with van der Waals surface area (Å²) in [6.45, 7) is 5.74. The molecule has 2 rings (SSSR count). The first-order chi connectivity index (χ1) is 8.41. The van der Waals surface area contributed by atoms with Crippen molar-refractivity contribution in [3.63, 3.8) is 0 Å². The second-order valence-corrected chi connectivity index (χ2v) is 5.59. The van der Waals surface area contributed by atoms with Crippen LogP contribution in [0.2, 0.25) is 0 Å². The molecule has 2 fully saturated rings. The molecule has 2 saturated heterocycles. The Balaban J connectivity index is 2.12. The van der Waals surface area contributed by atoms with Gasteiger partial charge >= 0.3 is 5.97 Å². The third kappa shape index (κ3) is 2.58. The summed E-state index contributed by atoms with van der Waals surface area (Å²) in [7, 11) is 0. The van der Waals surface area contributed by atoms with Crippen molar-refractivity contribution in [2.24, 2.45) is 10.5 Å². The van der Waals surface area contributed by atoms with E-state index >= 15 is 0 Å². The summed E-state index contributed by atoms with van der Waals surface area (Å²) in [6, 6.07) is -0.424. The maximum atomic E-state index is 11.9. The van der Waals surface area contributed by atoms with Gasteiger partial charge in [-0.25, -0.2) is 0 Å². The summed E-state index contributed by atoms with van der Waals surface area (Å²) in [5.74, 6) is -0.358. The molecule has 2 heterocycles. The van der Waals surface area contributed by atoms with Gasteiger partial charge in [0.15, 0.2) is 12.4 Å². The summed E-state index contributed by atoms with van der Waals surface area (Å²) in [4.78, 5) is 14.7. The van der Waals surface area contributed by atoms with Crippen LogP contribution in [-0.4, -0.2) is 37.1 Å². The summed E-state index contributed by atoms with van der Waals surface area (Å²) in [5, 5.41) is 3.68. The van der Waals surface area contributed by atoms with E-state index in [0.29, 0.717) is 13.0 Å². The molecule has 0 radical (unpaired) electrons. The predicted molar refractivity (Wildman–Crippen MR) is 61.5 cm³/mol. The fraction of sp³-hybridized carbons (Fsp3) is 0.909. The first-order valence-corrected chi connectivity index (χ1v) is 5.94. The van der Waals surface area contributed by atoms with E-state index in [9.17, 15) is 4.79 Å². The van der Waals surface area contributed by atoms with Crippen LogP contribution >= 0.6 is 0 Å². The van der Waals surface area contributed by atoms with Crippen LogP contribution in [-0.2, 0) is 19.0 Å². The zero-order chi connectivity index (χ0) is 13.3. The Kier molecular flexibility index (Phi) is 3.47. The zero-order valence-corrected chi connectivity index (χ0v) is 10.7. The van der Waals surface area contributed by atoms with E-state index in [0.717, 1.165) is 0 Å². The van der Waals surface area contributed by atoms with Crippen LogP contribution in [0, 0.1) is 5.41 Å². The molecule has 7 nitrogen and oxygen atoms in total. The van der Waals surface area contributed by atoms with E-state index in [1.165, 1.54) is 0 Å². The quantitative estimate of drug-likeness (QED) is 0.325. The average molecular weight is 255 g/mol. The molecule has 0 N–H and O–H groups in total. The van der Waals surface area contributed by atoms with Gasteiger partial charge in [0, 0.05) is 4.91 Å². The van der Waals surface area contributed by atoms with Gasteiger partial charge < -0.3 is 14.2 Å². The fourth-order valence-corrected chi connectivity index (χ4v) is 1.96.